The highest BCUT2D eigenvalue weighted by Crippen LogP contribution is 2.11. The molecule has 0 unspecified atom stereocenters. The fourth-order valence-corrected chi connectivity index (χ4v) is 1.28. The van der Waals surface area contributed by atoms with Crippen LogP contribution in [0.2, 0.25) is 0 Å². The molecule has 0 saturated carbocycles. The number of nitrogens with zero attached hydrogens (tertiary/aromatic N) is 1. The van der Waals surface area contributed by atoms with Crippen molar-refractivity contribution >= 4 is 17.5 Å². The molecule has 1 rings (SSSR count). The molecular weight excluding hydrogens is 237 g/mol. The topological polar surface area (TPSA) is 75.4 Å². The van der Waals surface area contributed by atoms with Gasteiger partial charge >= 0.3 is 0 Å². The average molecular weight is 253 g/mol. The predicted molar refractivity (Wildman–Crippen MR) is 66.5 cm³/mol. The van der Waals surface area contributed by atoms with Crippen LogP contribution in [-0.2, 0) is 4.79 Å². The lowest BCUT2D eigenvalue weighted by Crippen LogP contribution is -2.38. The van der Waals surface area contributed by atoms with E-state index in [2.05, 4.69) is 5.32 Å². The van der Waals surface area contributed by atoms with Gasteiger partial charge in [0.05, 0.1) is 12.1 Å². The van der Waals surface area contributed by atoms with Crippen LogP contribution in [0.25, 0.3) is 0 Å². The lowest BCUT2D eigenvalue weighted by atomic mass is 10.2. The highest BCUT2D eigenvalue weighted by molar-refractivity contribution is 5.96. The van der Waals surface area contributed by atoms with E-state index in [1.807, 2.05) is 6.92 Å². The van der Waals surface area contributed by atoms with E-state index in [9.17, 15) is 14.0 Å². The molecule has 0 bridgehead atoms. The van der Waals surface area contributed by atoms with E-state index in [0.29, 0.717) is 6.54 Å². The molecule has 0 atom stereocenters. The number of rotatable bonds is 4. The smallest absolute Gasteiger partial charge is 0.254 e. The summed E-state index contributed by atoms with van der Waals surface area (Å²) in [5.41, 5.74) is 5.49. The number of amides is 2. The number of halogens is 1. The molecule has 3 N–H and O–H groups in total. The summed E-state index contributed by atoms with van der Waals surface area (Å²) >= 11 is 0. The van der Waals surface area contributed by atoms with Gasteiger partial charge in [0.25, 0.3) is 5.91 Å². The zero-order valence-electron chi connectivity index (χ0n) is 10.4. The van der Waals surface area contributed by atoms with Crippen molar-refractivity contribution in [2.75, 3.05) is 25.9 Å². The van der Waals surface area contributed by atoms with E-state index in [0.717, 1.165) is 6.07 Å². The minimum atomic E-state index is -0.705. The van der Waals surface area contributed by atoms with Crippen LogP contribution in [0.3, 0.4) is 0 Å². The highest BCUT2D eigenvalue weighted by atomic mass is 19.1. The molecule has 0 heterocycles. The third-order valence-corrected chi connectivity index (χ3v) is 2.54. The number of benzene rings is 1. The van der Waals surface area contributed by atoms with Gasteiger partial charge in [-0.05, 0) is 25.1 Å². The summed E-state index contributed by atoms with van der Waals surface area (Å²) in [5, 5.41) is 2.36. The maximum atomic E-state index is 13.4. The monoisotopic (exact) mass is 253 g/mol. The zero-order chi connectivity index (χ0) is 13.7. The number of hydrogen-bond acceptors (Lipinski definition) is 3. The first-order chi connectivity index (χ1) is 8.45. The van der Waals surface area contributed by atoms with Crippen LogP contribution >= 0.6 is 0 Å². The second-order valence-corrected chi connectivity index (χ2v) is 3.83. The minimum absolute atomic E-state index is 0.129. The summed E-state index contributed by atoms with van der Waals surface area (Å²) < 4.78 is 13.4. The van der Waals surface area contributed by atoms with E-state index in [1.54, 1.807) is 7.05 Å². The van der Waals surface area contributed by atoms with E-state index in [1.165, 1.54) is 17.0 Å². The molecule has 0 spiro atoms. The lowest BCUT2D eigenvalue weighted by molar-refractivity contribution is -0.128. The molecule has 98 valence electrons. The Kier molecular flexibility index (Phi) is 4.65. The Bertz CT molecular complexity index is 463. The Hall–Kier alpha value is -2.11. The van der Waals surface area contributed by atoms with Crippen LogP contribution in [0, 0.1) is 5.82 Å². The summed E-state index contributed by atoms with van der Waals surface area (Å²) in [6, 6.07) is 3.78. The molecule has 1 aromatic rings. The van der Waals surface area contributed by atoms with E-state index < -0.39 is 11.7 Å². The number of carbonyl (C=O) groups excluding carboxylic acids is 2. The molecule has 6 heteroatoms. The Labute approximate surface area is 105 Å². The molecule has 2 amide bonds. The summed E-state index contributed by atoms with van der Waals surface area (Å²) in [6.07, 6.45) is 0. The molecule has 0 fully saturated rings. The van der Waals surface area contributed by atoms with E-state index in [-0.39, 0.29) is 23.7 Å². The molecule has 0 aliphatic carbocycles. The maximum Gasteiger partial charge on any atom is 0.254 e. The Balaban J connectivity index is 2.63. The van der Waals surface area contributed by atoms with Gasteiger partial charge in [-0.2, -0.15) is 0 Å². The summed E-state index contributed by atoms with van der Waals surface area (Å²) in [4.78, 5) is 24.5. The van der Waals surface area contributed by atoms with Gasteiger partial charge in [-0.3, -0.25) is 9.59 Å². The van der Waals surface area contributed by atoms with Crippen molar-refractivity contribution in [3.05, 3.63) is 29.6 Å². The predicted octanol–water partition coefficient (Wildman–Crippen LogP) is 0.616. The third-order valence-electron chi connectivity index (χ3n) is 2.54. The maximum absolute atomic E-state index is 13.4. The molecule has 0 saturated heterocycles. The van der Waals surface area contributed by atoms with Gasteiger partial charge in [-0.25, -0.2) is 4.39 Å². The Morgan fingerprint density at radius 2 is 2.11 bits per heavy atom. The van der Waals surface area contributed by atoms with Crippen molar-refractivity contribution in [2.45, 2.75) is 6.92 Å². The summed E-state index contributed by atoms with van der Waals surface area (Å²) in [6.45, 7) is 2.21. The van der Waals surface area contributed by atoms with Crippen LogP contribution < -0.4 is 11.1 Å². The largest absolute Gasteiger partial charge is 0.399 e. The second-order valence-electron chi connectivity index (χ2n) is 3.83. The van der Waals surface area contributed by atoms with Crippen LogP contribution in [0.4, 0.5) is 10.1 Å². The highest BCUT2D eigenvalue weighted by Gasteiger charge is 2.13. The molecular formula is C12H16FN3O2. The number of likely N-dealkylation sites (N-methyl/N-ethyl adjacent to an activating group) is 1. The van der Waals surface area contributed by atoms with E-state index in [4.69, 9.17) is 5.73 Å². The lowest BCUT2D eigenvalue weighted by Gasteiger charge is -2.14. The molecule has 18 heavy (non-hydrogen) atoms. The summed E-state index contributed by atoms with van der Waals surface area (Å²) in [7, 11) is 1.62. The van der Waals surface area contributed by atoms with Crippen LogP contribution in [-0.4, -0.2) is 36.9 Å². The van der Waals surface area contributed by atoms with Crippen LogP contribution in [0.1, 0.15) is 17.3 Å². The Morgan fingerprint density at radius 3 is 2.67 bits per heavy atom. The number of anilines is 1. The van der Waals surface area contributed by atoms with Crippen molar-refractivity contribution in [3.8, 4) is 0 Å². The number of hydrogen-bond donors (Lipinski definition) is 2. The van der Waals surface area contributed by atoms with Crippen LogP contribution in [0.15, 0.2) is 18.2 Å². The van der Waals surface area contributed by atoms with Crippen molar-refractivity contribution < 1.29 is 14.0 Å². The number of nitrogens with one attached hydrogen (secondary N) is 1. The standard InChI is InChI=1S/C12H16FN3O2/c1-3-16(2)11(17)7-15-12(18)9-5-4-8(14)6-10(9)13/h4-6H,3,7,14H2,1-2H3,(H,15,18). The van der Waals surface area contributed by atoms with Gasteiger partial charge < -0.3 is 16.0 Å². The SMILES string of the molecule is CCN(C)C(=O)CNC(=O)c1ccc(N)cc1F. The minimum Gasteiger partial charge on any atom is -0.399 e. The molecule has 0 aliphatic rings. The first-order valence-corrected chi connectivity index (χ1v) is 5.53. The molecule has 5 nitrogen and oxygen atoms in total. The first kappa shape index (κ1) is 14.0. The van der Waals surface area contributed by atoms with Crippen molar-refractivity contribution in [2.24, 2.45) is 0 Å². The second kappa shape index (κ2) is 6.00. The third kappa shape index (κ3) is 3.44. The van der Waals surface area contributed by atoms with Gasteiger partial charge in [0, 0.05) is 19.3 Å². The van der Waals surface area contributed by atoms with Crippen molar-refractivity contribution in [1.29, 1.82) is 0 Å². The fourth-order valence-electron chi connectivity index (χ4n) is 1.28. The number of carbonyl (C=O) groups is 2. The van der Waals surface area contributed by atoms with Crippen molar-refractivity contribution in [3.63, 3.8) is 0 Å². The van der Waals surface area contributed by atoms with Gasteiger partial charge in [0.15, 0.2) is 0 Å². The van der Waals surface area contributed by atoms with Gasteiger partial charge in [-0.15, -0.1) is 0 Å². The summed E-state index contributed by atoms with van der Waals surface area (Å²) in [5.74, 6) is -1.57. The number of nitrogens with two attached hydrogens (primary N) is 1. The van der Waals surface area contributed by atoms with Gasteiger partial charge in [0.1, 0.15) is 5.82 Å². The van der Waals surface area contributed by atoms with Gasteiger partial charge in [-0.1, -0.05) is 0 Å². The molecule has 1 aromatic carbocycles. The molecule has 0 radical (unpaired) electrons. The Morgan fingerprint density at radius 1 is 1.44 bits per heavy atom. The van der Waals surface area contributed by atoms with Gasteiger partial charge in [0.2, 0.25) is 5.91 Å². The zero-order valence-corrected chi connectivity index (χ0v) is 10.4. The quantitative estimate of drug-likeness (QED) is 0.772. The van der Waals surface area contributed by atoms with Crippen molar-refractivity contribution in [1.82, 2.24) is 10.2 Å². The number of nitrogen functional groups attached to an aromatic ring is 1. The first-order valence-electron chi connectivity index (χ1n) is 5.53. The normalized spacial score (nSPS) is 9.94. The fraction of sp³-hybridized carbons (Fsp3) is 0.333. The average Bonchev–Trinajstić information content (AvgIpc) is 2.34. The van der Waals surface area contributed by atoms with E-state index >= 15 is 0 Å². The molecule has 0 aliphatic heterocycles. The van der Waals surface area contributed by atoms with Crippen LogP contribution in [0.5, 0.6) is 0 Å². The molecule has 0 aromatic heterocycles.